The first-order chi connectivity index (χ1) is 9.11. The van der Waals surface area contributed by atoms with Gasteiger partial charge in [0.15, 0.2) is 0 Å². The molecule has 1 aromatic rings. The normalized spacial score (nSPS) is 22.2. The second kappa shape index (κ2) is 5.79. The number of aromatic carboxylic acids is 1. The van der Waals surface area contributed by atoms with Gasteiger partial charge in [-0.3, -0.25) is 4.79 Å². The fourth-order valence-corrected chi connectivity index (χ4v) is 2.21. The van der Waals surface area contributed by atoms with Crippen molar-refractivity contribution < 1.29 is 19.4 Å². The van der Waals surface area contributed by atoms with E-state index in [9.17, 15) is 9.59 Å². The van der Waals surface area contributed by atoms with E-state index in [2.05, 4.69) is 10.3 Å². The Kier molecular flexibility index (Phi) is 4.11. The lowest BCUT2D eigenvalue weighted by molar-refractivity contribution is -0.121. The summed E-state index contributed by atoms with van der Waals surface area (Å²) < 4.78 is 5.47. The highest BCUT2D eigenvalue weighted by atomic mass is 16.5. The van der Waals surface area contributed by atoms with Gasteiger partial charge >= 0.3 is 5.97 Å². The van der Waals surface area contributed by atoms with E-state index >= 15 is 0 Å². The Morgan fingerprint density at radius 3 is 3.05 bits per heavy atom. The minimum atomic E-state index is -1.12. The lowest BCUT2D eigenvalue weighted by Crippen LogP contribution is -2.29. The summed E-state index contributed by atoms with van der Waals surface area (Å²) in [6.45, 7) is 2.57. The van der Waals surface area contributed by atoms with Gasteiger partial charge in [0.1, 0.15) is 5.69 Å². The third-order valence-electron chi connectivity index (χ3n) is 3.20. The van der Waals surface area contributed by atoms with Crippen LogP contribution in [0.3, 0.4) is 0 Å². The standard InChI is InChI=1S/C13H16N2O4/c1-2-11-9(4-6-19-11)12(16)15-8-3-5-14-10(7-8)13(17)18/h3,5,7,9,11H,2,4,6H2,1H3,(H,17,18)(H,14,15,16). The number of pyridine rings is 1. The summed E-state index contributed by atoms with van der Waals surface area (Å²) in [6, 6.07) is 2.91. The van der Waals surface area contributed by atoms with Crippen molar-refractivity contribution in [3.05, 3.63) is 24.0 Å². The van der Waals surface area contributed by atoms with Gasteiger partial charge in [-0.1, -0.05) is 6.92 Å². The minimum Gasteiger partial charge on any atom is -0.477 e. The summed E-state index contributed by atoms with van der Waals surface area (Å²) >= 11 is 0. The maximum Gasteiger partial charge on any atom is 0.354 e. The highest BCUT2D eigenvalue weighted by Gasteiger charge is 2.32. The molecule has 1 saturated heterocycles. The lowest BCUT2D eigenvalue weighted by atomic mass is 9.98. The van der Waals surface area contributed by atoms with E-state index in [0.717, 1.165) is 6.42 Å². The number of rotatable bonds is 4. The molecule has 0 spiro atoms. The molecule has 2 N–H and O–H groups in total. The van der Waals surface area contributed by atoms with Crippen molar-refractivity contribution in [1.82, 2.24) is 4.98 Å². The number of carbonyl (C=O) groups excluding carboxylic acids is 1. The van der Waals surface area contributed by atoms with Gasteiger partial charge in [-0.2, -0.15) is 0 Å². The van der Waals surface area contributed by atoms with Gasteiger partial charge in [-0.05, 0) is 25.0 Å². The van der Waals surface area contributed by atoms with Crippen molar-refractivity contribution in [2.24, 2.45) is 5.92 Å². The molecule has 6 heteroatoms. The van der Waals surface area contributed by atoms with Crippen LogP contribution in [-0.4, -0.2) is 34.7 Å². The molecule has 2 heterocycles. The maximum absolute atomic E-state index is 12.1. The topological polar surface area (TPSA) is 88.5 Å². The fourth-order valence-electron chi connectivity index (χ4n) is 2.21. The van der Waals surface area contributed by atoms with Crippen molar-refractivity contribution in [2.45, 2.75) is 25.9 Å². The molecule has 0 bridgehead atoms. The van der Waals surface area contributed by atoms with E-state index in [0.29, 0.717) is 18.7 Å². The van der Waals surface area contributed by atoms with E-state index in [-0.39, 0.29) is 23.6 Å². The van der Waals surface area contributed by atoms with Gasteiger partial charge in [0.25, 0.3) is 0 Å². The summed E-state index contributed by atoms with van der Waals surface area (Å²) in [7, 11) is 0. The molecule has 2 rings (SSSR count). The summed E-state index contributed by atoms with van der Waals surface area (Å²) in [4.78, 5) is 26.6. The summed E-state index contributed by atoms with van der Waals surface area (Å²) in [6.07, 6.45) is 2.79. The smallest absolute Gasteiger partial charge is 0.354 e. The van der Waals surface area contributed by atoms with Crippen LogP contribution in [0.1, 0.15) is 30.3 Å². The van der Waals surface area contributed by atoms with Crippen LogP contribution in [0.25, 0.3) is 0 Å². The number of nitrogens with zero attached hydrogens (tertiary/aromatic N) is 1. The number of amides is 1. The van der Waals surface area contributed by atoms with E-state index in [1.165, 1.54) is 12.3 Å². The molecular formula is C13H16N2O4. The largest absolute Gasteiger partial charge is 0.477 e. The summed E-state index contributed by atoms with van der Waals surface area (Å²) in [5.41, 5.74) is 0.353. The molecule has 1 fully saturated rings. The number of carbonyl (C=O) groups is 2. The number of carboxylic acid groups (broad SMARTS) is 1. The van der Waals surface area contributed by atoms with Crippen molar-refractivity contribution in [3.8, 4) is 0 Å². The van der Waals surface area contributed by atoms with Gasteiger partial charge in [0.2, 0.25) is 5.91 Å². The molecule has 6 nitrogen and oxygen atoms in total. The van der Waals surface area contributed by atoms with Gasteiger partial charge in [-0.15, -0.1) is 0 Å². The van der Waals surface area contributed by atoms with Gasteiger partial charge < -0.3 is 15.2 Å². The zero-order chi connectivity index (χ0) is 13.8. The van der Waals surface area contributed by atoms with E-state index in [1.54, 1.807) is 6.07 Å². The molecule has 1 aliphatic rings. The Bertz CT molecular complexity index is 489. The molecule has 1 aromatic heterocycles. The number of hydrogen-bond donors (Lipinski definition) is 2. The van der Waals surface area contributed by atoms with Crippen molar-refractivity contribution in [3.63, 3.8) is 0 Å². The zero-order valence-corrected chi connectivity index (χ0v) is 10.6. The number of anilines is 1. The highest BCUT2D eigenvalue weighted by Crippen LogP contribution is 2.24. The molecule has 0 radical (unpaired) electrons. The first-order valence-electron chi connectivity index (χ1n) is 6.23. The van der Waals surface area contributed by atoms with Crippen molar-refractivity contribution >= 4 is 17.6 Å². The van der Waals surface area contributed by atoms with Crippen LogP contribution in [-0.2, 0) is 9.53 Å². The Labute approximate surface area is 110 Å². The number of aromatic nitrogens is 1. The van der Waals surface area contributed by atoms with E-state index < -0.39 is 5.97 Å². The van der Waals surface area contributed by atoms with Crippen LogP contribution < -0.4 is 5.32 Å². The Morgan fingerprint density at radius 1 is 1.58 bits per heavy atom. The van der Waals surface area contributed by atoms with Crippen LogP contribution in [0.4, 0.5) is 5.69 Å². The van der Waals surface area contributed by atoms with Crippen LogP contribution in [0, 0.1) is 5.92 Å². The van der Waals surface area contributed by atoms with Crippen molar-refractivity contribution in [1.29, 1.82) is 0 Å². The van der Waals surface area contributed by atoms with E-state index in [1.807, 2.05) is 6.92 Å². The number of ether oxygens (including phenoxy) is 1. The number of hydrogen-bond acceptors (Lipinski definition) is 4. The molecular weight excluding hydrogens is 248 g/mol. The van der Waals surface area contributed by atoms with Crippen LogP contribution in [0.15, 0.2) is 18.3 Å². The van der Waals surface area contributed by atoms with Crippen molar-refractivity contribution in [2.75, 3.05) is 11.9 Å². The fraction of sp³-hybridized carbons (Fsp3) is 0.462. The Morgan fingerprint density at radius 2 is 2.37 bits per heavy atom. The number of nitrogens with one attached hydrogen (secondary N) is 1. The first-order valence-corrected chi connectivity index (χ1v) is 6.23. The van der Waals surface area contributed by atoms with Crippen LogP contribution >= 0.6 is 0 Å². The molecule has 1 amide bonds. The molecule has 0 aliphatic carbocycles. The van der Waals surface area contributed by atoms with Gasteiger partial charge in [0.05, 0.1) is 12.0 Å². The van der Waals surface area contributed by atoms with Gasteiger partial charge in [-0.25, -0.2) is 9.78 Å². The van der Waals surface area contributed by atoms with E-state index in [4.69, 9.17) is 9.84 Å². The highest BCUT2D eigenvalue weighted by molar-refractivity contribution is 5.94. The molecule has 0 saturated carbocycles. The molecule has 102 valence electrons. The monoisotopic (exact) mass is 264 g/mol. The third kappa shape index (κ3) is 3.08. The average Bonchev–Trinajstić information content (AvgIpc) is 2.87. The molecule has 19 heavy (non-hydrogen) atoms. The predicted molar refractivity (Wildman–Crippen MR) is 68.0 cm³/mol. The SMILES string of the molecule is CCC1OCCC1C(=O)Nc1ccnc(C(=O)O)c1. The minimum absolute atomic E-state index is 0.0548. The summed E-state index contributed by atoms with van der Waals surface area (Å²) in [5.74, 6) is -1.43. The summed E-state index contributed by atoms with van der Waals surface area (Å²) in [5, 5.41) is 11.6. The lowest BCUT2D eigenvalue weighted by Gasteiger charge is -2.16. The molecule has 2 atom stereocenters. The molecule has 0 aromatic carbocycles. The first kappa shape index (κ1) is 13.5. The van der Waals surface area contributed by atoms with Crippen LogP contribution in [0.5, 0.6) is 0 Å². The second-order valence-electron chi connectivity index (χ2n) is 4.44. The maximum atomic E-state index is 12.1. The Hall–Kier alpha value is -1.95. The Balaban J connectivity index is 2.06. The molecule has 2 unspecified atom stereocenters. The van der Waals surface area contributed by atoms with Gasteiger partial charge in [0, 0.05) is 18.5 Å². The predicted octanol–water partition coefficient (Wildman–Crippen LogP) is 1.53. The quantitative estimate of drug-likeness (QED) is 0.861. The third-order valence-corrected chi connectivity index (χ3v) is 3.20. The molecule has 1 aliphatic heterocycles. The number of carboxylic acids is 1. The zero-order valence-electron chi connectivity index (χ0n) is 10.6. The second-order valence-corrected chi connectivity index (χ2v) is 4.44. The average molecular weight is 264 g/mol. The van der Waals surface area contributed by atoms with Crippen LogP contribution in [0.2, 0.25) is 0 Å².